The van der Waals surface area contributed by atoms with E-state index in [2.05, 4.69) is 10.6 Å². The summed E-state index contributed by atoms with van der Waals surface area (Å²) in [6.07, 6.45) is 0. The van der Waals surface area contributed by atoms with E-state index in [0.717, 1.165) is 11.1 Å². The first-order valence-corrected chi connectivity index (χ1v) is 14.1. The molecule has 0 saturated carbocycles. The van der Waals surface area contributed by atoms with E-state index < -0.39 is 26.3 Å². The second kappa shape index (κ2) is 11.0. The van der Waals surface area contributed by atoms with Gasteiger partial charge in [0.05, 0.1) is 0 Å². The maximum Gasteiger partial charge on any atom is 0.339 e. The number of benzene rings is 4. The quantitative estimate of drug-likeness (QED) is 0.277. The number of carbonyl (C=O) groups is 1. The van der Waals surface area contributed by atoms with Gasteiger partial charge in [0.1, 0.15) is 21.3 Å². The van der Waals surface area contributed by atoms with Gasteiger partial charge in [0.25, 0.3) is 0 Å². The molecule has 0 aliphatic heterocycles. The zero-order chi connectivity index (χ0) is 27.3. The van der Waals surface area contributed by atoms with Crippen molar-refractivity contribution >= 4 is 37.6 Å². The van der Waals surface area contributed by atoms with Crippen LogP contribution in [-0.2, 0) is 20.2 Å². The van der Waals surface area contributed by atoms with Crippen molar-refractivity contribution in [3.63, 3.8) is 0 Å². The Balaban J connectivity index is 1.33. The van der Waals surface area contributed by atoms with Crippen LogP contribution in [0, 0.1) is 13.8 Å². The number of rotatable bonds is 8. The molecule has 4 aromatic carbocycles. The molecule has 0 bridgehead atoms. The van der Waals surface area contributed by atoms with E-state index in [9.17, 15) is 21.6 Å². The Labute approximate surface area is 221 Å². The number of hydrogen-bond acceptors (Lipinski definition) is 7. The van der Waals surface area contributed by atoms with Crippen LogP contribution < -0.4 is 19.0 Å². The number of aryl methyl sites for hydroxylation is 2. The lowest BCUT2D eigenvalue weighted by Crippen LogP contribution is -2.19. The van der Waals surface area contributed by atoms with Crippen LogP contribution in [-0.4, -0.2) is 22.9 Å². The highest BCUT2D eigenvalue weighted by Crippen LogP contribution is 2.23. The SMILES string of the molecule is Cc1cccc(S(=O)(=O)Oc2ccc(NC(=O)Nc3ccc(OS(=O)(=O)c4cccc(C)c4)cc3)cc2)c1. The molecule has 2 amide bonds. The third kappa shape index (κ3) is 6.90. The molecule has 0 aromatic heterocycles. The van der Waals surface area contributed by atoms with Gasteiger partial charge in [0.2, 0.25) is 0 Å². The summed E-state index contributed by atoms with van der Waals surface area (Å²) in [6.45, 7) is 3.56. The summed E-state index contributed by atoms with van der Waals surface area (Å²) in [5.74, 6) is 0.183. The summed E-state index contributed by atoms with van der Waals surface area (Å²) < 4.78 is 60.2. The van der Waals surface area contributed by atoms with Crippen LogP contribution in [0.1, 0.15) is 11.1 Å². The van der Waals surface area contributed by atoms with Gasteiger partial charge in [0.15, 0.2) is 0 Å². The van der Waals surface area contributed by atoms with Gasteiger partial charge in [-0.3, -0.25) is 0 Å². The van der Waals surface area contributed by atoms with Gasteiger partial charge in [-0.2, -0.15) is 16.8 Å². The molecule has 0 aliphatic carbocycles. The minimum absolute atomic E-state index is 0.0447. The van der Waals surface area contributed by atoms with Crippen molar-refractivity contribution in [2.24, 2.45) is 0 Å². The van der Waals surface area contributed by atoms with Crippen molar-refractivity contribution in [2.45, 2.75) is 23.6 Å². The highest BCUT2D eigenvalue weighted by atomic mass is 32.2. The second-order valence-corrected chi connectivity index (χ2v) is 11.4. The summed E-state index contributed by atoms with van der Waals surface area (Å²) in [5.41, 5.74) is 2.36. The number of anilines is 2. The van der Waals surface area contributed by atoms with Crippen molar-refractivity contribution in [3.05, 3.63) is 108 Å². The van der Waals surface area contributed by atoms with Gasteiger partial charge in [-0.05, 0) is 97.8 Å². The second-order valence-electron chi connectivity index (χ2n) is 8.34. The van der Waals surface area contributed by atoms with Gasteiger partial charge >= 0.3 is 26.3 Å². The van der Waals surface area contributed by atoms with Crippen LogP contribution in [0.4, 0.5) is 16.2 Å². The lowest BCUT2D eigenvalue weighted by Gasteiger charge is -2.11. The Morgan fingerprint density at radius 3 is 1.29 bits per heavy atom. The molecular formula is C27H24N2O7S2. The predicted octanol–water partition coefficient (Wildman–Crippen LogP) is 5.48. The summed E-state index contributed by atoms with van der Waals surface area (Å²) >= 11 is 0. The number of amides is 2. The fraction of sp³-hybridized carbons (Fsp3) is 0.0741. The zero-order valence-electron chi connectivity index (χ0n) is 20.4. The summed E-state index contributed by atoms with van der Waals surface area (Å²) in [5, 5.41) is 5.23. The third-order valence-electron chi connectivity index (χ3n) is 5.19. The molecule has 38 heavy (non-hydrogen) atoms. The third-order valence-corrected chi connectivity index (χ3v) is 7.68. The fourth-order valence-electron chi connectivity index (χ4n) is 3.37. The Bertz CT molecular complexity index is 1540. The Hall–Kier alpha value is -4.35. The minimum Gasteiger partial charge on any atom is -0.379 e. The Morgan fingerprint density at radius 2 is 0.947 bits per heavy atom. The molecule has 0 atom stereocenters. The normalized spacial score (nSPS) is 11.4. The van der Waals surface area contributed by atoms with E-state index in [0.29, 0.717) is 11.4 Å². The van der Waals surface area contributed by atoms with Crippen LogP contribution in [0.15, 0.2) is 107 Å². The summed E-state index contributed by atoms with van der Waals surface area (Å²) in [7, 11) is -7.99. The minimum atomic E-state index is -3.99. The molecule has 0 heterocycles. The predicted molar refractivity (Wildman–Crippen MR) is 144 cm³/mol. The number of carbonyl (C=O) groups excluding carboxylic acids is 1. The lowest BCUT2D eigenvalue weighted by molar-refractivity contribution is 0.262. The lowest BCUT2D eigenvalue weighted by atomic mass is 10.2. The largest absolute Gasteiger partial charge is 0.379 e. The van der Waals surface area contributed by atoms with Crippen molar-refractivity contribution in [2.75, 3.05) is 10.6 Å². The topological polar surface area (TPSA) is 128 Å². The molecule has 2 N–H and O–H groups in total. The molecule has 196 valence electrons. The standard InChI is InChI=1S/C27H24N2O7S2/c1-19-5-3-7-25(17-19)37(31,32)35-23-13-9-21(10-14-23)28-27(30)29-22-11-15-24(16-12-22)36-38(33,34)26-8-4-6-20(2)18-26/h3-18H,1-2H3,(H2,28,29,30). The van der Waals surface area contributed by atoms with E-state index in [4.69, 9.17) is 8.37 Å². The molecule has 4 aromatic rings. The number of nitrogens with one attached hydrogen (secondary N) is 2. The van der Waals surface area contributed by atoms with Gasteiger partial charge in [-0.15, -0.1) is 0 Å². The van der Waals surface area contributed by atoms with Crippen LogP contribution in [0.2, 0.25) is 0 Å². The first-order valence-electron chi connectivity index (χ1n) is 11.3. The van der Waals surface area contributed by atoms with Crippen LogP contribution >= 0.6 is 0 Å². The van der Waals surface area contributed by atoms with E-state index in [1.54, 1.807) is 38.1 Å². The van der Waals surface area contributed by atoms with Gasteiger partial charge in [-0.25, -0.2) is 4.79 Å². The van der Waals surface area contributed by atoms with Crippen molar-refractivity contribution in [1.82, 2.24) is 0 Å². The number of hydrogen-bond donors (Lipinski definition) is 2. The van der Waals surface area contributed by atoms with E-state index in [1.165, 1.54) is 72.8 Å². The molecular weight excluding hydrogens is 528 g/mol. The maximum absolute atomic E-state index is 12.5. The summed E-state index contributed by atoms with van der Waals surface area (Å²) in [6, 6.07) is 23.8. The van der Waals surface area contributed by atoms with E-state index in [-0.39, 0.29) is 21.3 Å². The van der Waals surface area contributed by atoms with Gasteiger partial charge < -0.3 is 19.0 Å². The van der Waals surface area contributed by atoms with Gasteiger partial charge in [-0.1, -0.05) is 24.3 Å². The van der Waals surface area contributed by atoms with Crippen LogP contribution in [0.3, 0.4) is 0 Å². The molecule has 0 radical (unpaired) electrons. The molecule has 0 saturated heterocycles. The van der Waals surface area contributed by atoms with E-state index in [1.807, 2.05) is 0 Å². The maximum atomic E-state index is 12.5. The molecule has 0 spiro atoms. The zero-order valence-corrected chi connectivity index (χ0v) is 22.0. The first kappa shape index (κ1) is 26.7. The highest BCUT2D eigenvalue weighted by molar-refractivity contribution is 7.87. The molecule has 9 nitrogen and oxygen atoms in total. The first-order chi connectivity index (χ1) is 18.0. The fourth-order valence-corrected chi connectivity index (χ4v) is 5.44. The average molecular weight is 553 g/mol. The smallest absolute Gasteiger partial charge is 0.339 e. The summed E-state index contributed by atoms with van der Waals surface area (Å²) in [4.78, 5) is 12.5. The molecule has 0 aliphatic rings. The molecule has 4 rings (SSSR count). The highest BCUT2D eigenvalue weighted by Gasteiger charge is 2.18. The average Bonchev–Trinajstić information content (AvgIpc) is 2.86. The number of urea groups is 1. The molecule has 0 unspecified atom stereocenters. The molecule has 11 heteroatoms. The Morgan fingerprint density at radius 1 is 0.579 bits per heavy atom. The Kier molecular flexibility index (Phi) is 7.70. The van der Waals surface area contributed by atoms with Gasteiger partial charge in [0, 0.05) is 11.4 Å². The van der Waals surface area contributed by atoms with E-state index >= 15 is 0 Å². The van der Waals surface area contributed by atoms with Crippen molar-refractivity contribution in [1.29, 1.82) is 0 Å². The van der Waals surface area contributed by atoms with Crippen LogP contribution in [0.25, 0.3) is 0 Å². The van der Waals surface area contributed by atoms with Crippen molar-refractivity contribution in [3.8, 4) is 11.5 Å². The van der Waals surface area contributed by atoms with Crippen LogP contribution in [0.5, 0.6) is 11.5 Å². The monoisotopic (exact) mass is 552 g/mol. The van der Waals surface area contributed by atoms with Crippen molar-refractivity contribution < 1.29 is 30.0 Å². The molecule has 0 fully saturated rings.